The summed E-state index contributed by atoms with van der Waals surface area (Å²) in [5, 5.41) is 8.90. The summed E-state index contributed by atoms with van der Waals surface area (Å²) in [6, 6.07) is 36.8. The van der Waals surface area contributed by atoms with Crippen LogP contribution in [0.4, 0.5) is 0 Å². The Bertz CT molecular complexity index is 1500. The number of aromatic nitrogens is 3. The summed E-state index contributed by atoms with van der Waals surface area (Å²) in [6.07, 6.45) is 7.49. The number of nitrogens with zero attached hydrogens (tertiary/aromatic N) is 3. The van der Waals surface area contributed by atoms with E-state index < -0.39 is 16.4 Å². The number of carboxylic acid groups (broad SMARTS) is 1. The van der Waals surface area contributed by atoms with E-state index in [4.69, 9.17) is 9.84 Å². The summed E-state index contributed by atoms with van der Waals surface area (Å²) in [7, 11) is -4.61. The van der Waals surface area contributed by atoms with Crippen LogP contribution in [-0.2, 0) is 34.7 Å². The third-order valence-electron chi connectivity index (χ3n) is 5.80. The molecule has 0 aliphatic heterocycles. The minimum Gasteiger partial charge on any atom is -0.726 e. The molecule has 5 aromatic rings. The van der Waals surface area contributed by atoms with Gasteiger partial charge in [0.05, 0.1) is 13.2 Å². The molecule has 0 saturated carbocycles. The van der Waals surface area contributed by atoms with Gasteiger partial charge in [-0.05, 0) is 54.9 Å². The zero-order valence-electron chi connectivity index (χ0n) is 24.7. The average Bonchev–Trinajstić information content (AvgIpc) is 3.08. The number of unbranched alkanes of at least 4 members (excludes halogenated alkanes) is 3. The zero-order valence-corrected chi connectivity index (χ0v) is 27.9. The van der Waals surface area contributed by atoms with Gasteiger partial charge in [0.2, 0.25) is 10.4 Å². The predicted octanol–water partition coefficient (Wildman–Crippen LogP) is 6.29. The molecule has 0 spiro atoms. The minimum atomic E-state index is -4.61. The molecule has 3 heterocycles. The maximum absolute atomic E-state index is 10.9. The summed E-state index contributed by atoms with van der Waals surface area (Å²) in [4.78, 5) is 23.0. The molecule has 1 radical (unpaired) electrons. The van der Waals surface area contributed by atoms with Crippen molar-refractivity contribution in [3.63, 3.8) is 0 Å². The Kier molecular flexibility index (Phi) is 17.6. The van der Waals surface area contributed by atoms with Crippen molar-refractivity contribution < 1.29 is 51.9 Å². The number of rotatable bonds is 12. The number of aromatic carboxylic acids is 1. The first-order valence-electron chi connectivity index (χ1n) is 14.0. The standard InChI is InChI=1S/C12H17NO7S.2C11H8N.Ir/c14-12(15)11-10(6-5-7-13-11)19-8-3-1-2-4-9-20-21(16,17)18;2*1-2-6-10(7-3-1)11-8-4-5-9-12-11;/h5-7H,1-4,8-9H2,(H,14,15)(H,16,17,18);2*1-6,8-9H;/q;2*-1;/p-1. The summed E-state index contributed by atoms with van der Waals surface area (Å²) >= 11 is 0. The van der Waals surface area contributed by atoms with Gasteiger partial charge in [-0.3, -0.25) is 4.18 Å². The van der Waals surface area contributed by atoms with Gasteiger partial charge >= 0.3 is 5.97 Å². The molecule has 10 nitrogen and oxygen atoms in total. The van der Waals surface area contributed by atoms with Crippen LogP contribution in [0.3, 0.4) is 0 Å². The third kappa shape index (κ3) is 15.1. The molecule has 2 aromatic carbocycles. The molecule has 0 amide bonds. The van der Waals surface area contributed by atoms with Gasteiger partial charge in [-0.2, -0.15) is 0 Å². The van der Waals surface area contributed by atoms with Gasteiger partial charge in [0.15, 0.2) is 11.4 Å². The number of carbonyl (C=O) groups is 1. The number of benzene rings is 2. The maximum Gasteiger partial charge on any atom is 0.358 e. The van der Waals surface area contributed by atoms with E-state index in [2.05, 4.69) is 31.3 Å². The quantitative estimate of drug-likeness (QED) is 0.0659. The molecule has 0 aliphatic rings. The van der Waals surface area contributed by atoms with Crippen molar-refractivity contribution in [2.45, 2.75) is 25.7 Å². The van der Waals surface area contributed by atoms with Gasteiger partial charge in [0, 0.05) is 38.7 Å². The van der Waals surface area contributed by atoms with Crippen LogP contribution < -0.4 is 4.74 Å². The molecule has 5 rings (SSSR count). The summed E-state index contributed by atoms with van der Waals surface area (Å²) in [6.45, 7) is 0.200. The van der Waals surface area contributed by atoms with E-state index in [1.165, 1.54) is 12.3 Å². The van der Waals surface area contributed by atoms with Crippen LogP contribution in [0, 0.1) is 12.1 Å². The Labute approximate surface area is 282 Å². The van der Waals surface area contributed by atoms with E-state index >= 15 is 0 Å². The molecule has 243 valence electrons. The molecule has 0 atom stereocenters. The van der Waals surface area contributed by atoms with Gasteiger partial charge in [-0.25, -0.2) is 18.2 Å². The smallest absolute Gasteiger partial charge is 0.358 e. The van der Waals surface area contributed by atoms with Crippen molar-refractivity contribution in [2.75, 3.05) is 13.2 Å². The summed E-state index contributed by atoms with van der Waals surface area (Å²) < 4.78 is 39.9. The van der Waals surface area contributed by atoms with E-state index in [0.29, 0.717) is 25.9 Å². The second kappa shape index (κ2) is 21.4. The fraction of sp³-hybridized carbons (Fsp3) is 0.176. The zero-order chi connectivity index (χ0) is 32.2. The Morgan fingerprint density at radius 2 is 1.22 bits per heavy atom. The Morgan fingerprint density at radius 3 is 1.67 bits per heavy atom. The van der Waals surface area contributed by atoms with E-state index in [0.717, 1.165) is 28.9 Å². The Morgan fingerprint density at radius 1 is 0.696 bits per heavy atom. The van der Waals surface area contributed by atoms with Crippen molar-refractivity contribution in [3.8, 4) is 28.3 Å². The van der Waals surface area contributed by atoms with Crippen LogP contribution >= 0.6 is 0 Å². The topological polar surface area (TPSA) is 152 Å². The second-order valence-corrected chi connectivity index (χ2v) is 10.2. The first-order valence-corrected chi connectivity index (χ1v) is 15.3. The van der Waals surface area contributed by atoms with Crippen molar-refractivity contribution in [1.82, 2.24) is 15.0 Å². The number of carboxylic acids is 1. The molecule has 0 fully saturated rings. The van der Waals surface area contributed by atoms with Gasteiger partial charge in [0.1, 0.15) is 0 Å². The molecule has 0 unspecified atom stereocenters. The van der Waals surface area contributed by atoms with E-state index in [1.54, 1.807) is 18.5 Å². The van der Waals surface area contributed by atoms with Gasteiger partial charge in [-0.1, -0.05) is 30.7 Å². The Hall–Kier alpha value is -4.32. The molecular weight excluding hydrogens is 787 g/mol. The average molecular weight is 819 g/mol. The number of hydrogen-bond donors (Lipinski definition) is 1. The fourth-order valence-corrected chi connectivity index (χ4v) is 4.04. The summed E-state index contributed by atoms with van der Waals surface area (Å²) in [5.74, 6) is -0.938. The number of hydrogen-bond acceptors (Lipinski definition) is 9. The van der Waals surface area contributed by atoms with Crippen molar-refractivity contribution in [3.05, 3.63) is 133 Å². The van der Waals surface area contributed by atoms with Crippen molar-refractivity contribution >= 4 is 16.4 Å². The molecule has 12 heteroatoms. The third-order valence-corrected chi connectivity index (χ3v) is 6.25. The number of pyridine rings is 3. The van der Waals surface area contributed by atoms with Crippen molar-refractivity contribution in [1.29, 1.82) is 0 Å². The van der Waals surface area contributed by atoms with E-state index in [1.807, 2.05) is 84.9 Å². The van der Waals surface area contributed by atoms with Gasteiger partial charge in [0.25, 0.3) is 0 Å². The molecular formula is C34H32IrN3O7S-3. The monoisotopic (exact) mass is 819 g/mol. The fourth-order valence-electron chi connectivity index (χ4n) is 3.72. The Balaban J connectivity index is 0.000000251. The molecule has 0 saturated heterocycles. The van der Waals surface area contributed by atoms with Crippen LogP contribution in [0.15, 0.2) is 116 Å². The first-order chi connectivity index (χ1) is 21.8. The SMILES string of the molecule is O=C(O)c1ncccc1OCCCCCCOS(=O)(=O)[O-].[Ir].[c-]1ccccc1-c1ccccn1.[c-]1ccccc1-c1ccccn1. The van der Waals surface area contributed by atoms with Crippen LogP contribution in [0.2, 0.25) is 0 Å². The van der Waals surface area contributed by atoms with Crippen LogP contribution in [0.1, 0.15) is 36.2 Å². The van der Waals surface area contributed by atoms with E-state index in [9.17, 15) is 17.8 Å². The largest absolute Gasteiger partial charge is 0.726 e. The minimum absolute atomic E-state index is 0. The molecule has 1 N–H and O–H groups in total. The molecule has 46 heavy (non-hydrogen) atoms. The van der Waals surface area contributed by atoms with Gasteiger partial charge < -0.3 is 24.4 Å². The number of ether oxygens (including phenoxy) is 1. The molecule has 0 bridgehead atoms. The van der Waals surface area contributed by atoms with Crippen molar-refractivity contribution in [2.24, 2.45) is 0 Å². The maximum atomic E-state index is 10.9. The van der Waals surface area contributed by atoms with Gasteiger partial charge in [-0.15, -0.1) is 71.8 Å². The van der Waals surface area contributed by atoms with Crippen LogP contribution in [0.25, 0.3) is 22.5 Å². The first kappa shape index (κ1) is 37.9. The normalized spacial score (nSPS) is 10.2. The second-order valence-electron chi connectivity index (χ2n) is 9.13. The van der Waals surface area contributed by atoms with Crippen LogP contribution in [-0.4, -0.2) is 52.2 Å². The molecule has 0 aliphatic carbocycles. The molecule has 3 aromatic heterocycles. The van der Waals surface area contributed by atoms with E-state index in [-0.39, 0.29) is 38.2 Å². The summed E-state index contributed by atoms with van der Waals surface area (Å²) in [5.41, 5.74) is 3.89. The van der Waals surface area contributed by atoms with Crippen LogP contribution in [0.5, 0.6) is 5.75 Å². The predicted molar refractivity (Wildman–Crippen MR) is 168 cm³/mol.